The van der Waals surface area contributed by atoms with Gasteiger partial charge in [-0.25, -0.2) is 0 Å². The van der Waals surface area contributed by atoms with Crippen molar-refractivity contribution in [3.8, 4) is 0 Å². The molecule has 0 spiro atoms. The summed E-state index contributed by atoms with van der Waals surface area (Å²) in [6, 6.07) is 6.44. The Morgan fingerprint density at radius 1 is 1.23 bits per heavy atom. The summed E-state index contributed by atoms with van der Waals surface area (Å²) < 4.78 is 0. The lowest BCUT2D eigenvalue weighted by molar-refractivity contribution is -0.110. The average molecular weight is 176 g/mol. The van der Waals surface area contributed by atoms with Crippen LogP contribution in [0.25, 0.3) is 0 Å². The summed E-state index contributed by atoms with van der Waals surface area (Å²) in [5, 5.41) is 0. The van der Waals surface area contributed by atoms with E-state index < -0.39 is 0 Å². The van der Waals surface area contributed by atoms with E-state index in [1.807, 2.05) is 6.92 Å². The van der Waals surface area contributed by atoms with Crippen molar-refractivity contribution >= 4 is 6.29 Å². The van der Waals surface area contributed by atoms with Gasteiger partial charge in [-0.15, -0.1) is 0 Å². The van der Waals surface area contributed by atoms with Crippen molar-refractivity contribution in [2.45, 2.75) is 27.2 Å². The van der Waals surface area contributed by atoms with E-state index in [1.54, 1.807) is 0 Å². The minimum Gasteiger partial charge on any atom is -0.303 e. The molecular formula is C12H16O. The van der Waals surface area contributed by atoms with Crippen LogP contribution in [-0.2, 0) is 11.2 Å². The molecule has 0 aliphatic heterocycles. The third kappa shape index (κ3) is 3.02. The van der Waals surface area contributed by atoms with Crippen molar-refractivity contribution in [1.29, 1.82) is 0 Å². The van der Waals surface area contributed by atoms with Crippen LogP contribution in [-0.4, -0.2) is 6.29 Å². The fraction of sp³-hybridized carbons (Fsp3) is 0.417. The molecule has 1 aromatic rings. The zero-order valence-electron chi connectivity index (χ0n) is 8.50. The molecule has 0 fully saturated rings. The Kier molecular flexibility index (Phi) is 3.24. The van der Waals surface area contributed by atoms with Gasteiger partial charge in [-0.05, 0) is 25.8 Å². The van der Waals surface area contributed by atoms with Crippen LogP contribution in [0.4, 0.5) is 0 Å². The van der Waals surface area contributed by atoms with Crippen molar-refractivity contribution in [2.75, 3.05) is 0 Å². The largest absolute Gasteiger partial charge is 0.303 e. The number of hydrogen-bond donors (Lipinski definition) is 0. The maximum absolute atomic E-state index is 10.5. The molecule has 1 heteroatoms. The number of aryl methyl sites for hydroxylation is 2. The van der Waals surface area contributed by atoms with Gasteiger partial charge in [-0.2, -0.15) is 0 Å². The van der Waals surface area contributed by atoms with Crippen molar-refractivity contribution in [1.82, 2.24) is 0 Å². The number of aldehydes is 1. The highest BCUT2D eigenvalue weighted by atomic mass is 16.1. The molecule has 0 amide bonds. The van der Waals surface area contributed by atoms with Crippen molar-refractivity contribution < 1.29 is 4.79 Å². The Morgan fingerprint density at radius 3 is 2.23 bits per heavy atom. The second-order valence-electron chi connectivity index (χ2n) is 3.81. The number of hydrogen-bond acceptors (Lipinski definition) is 1. The summed E-state index contributed by atoms with van der Waals surface area (Å²) in [7, 11) is 0. The number of rotatable bonds is 3. The van der Waals surface area contributed by atoms with Crippen molar-refractivity contribution in [2.24, 2.45) is 5.92 Å². The lowest BCUT2D eigenvalue weighted by Gasteiger charge is -2.06. The zero-order valence-corrected chi connectivity index (χ0v) is 8.50. The van der Waals surface area contributed by atoms with Crippen LogP contribution in [0, 0.1) is 19.8 Å². The molecular weight excluding hydrogens is 160 g/mol. The van der Waals surface area contributed by atoms with Crippen LogP contribution in [0.2, 0.25) is 0 Å². The molecule has 0 saturated carbocycles. The first-order chi connectivity index (χ1) is 6.11. The molecule has 0 bridgehead atoms. The molecule has 1 nitrogen and oxygen atoms in total. The molecule has 0 aliphatic rings. The Balaban J connectivity index is 2.82. The van der Waals surface area contributed by atoms with Gasteiger partial charge in [0.15, 0.2) is 0 Å². The highest BCUT2D eigenvalue weighted by Gasteiger charge is 2.02. The lowest BCUT2D eigenvalue weighted by Crippen LogP contribution is -2.01. The molecule has 0 saturated heterocycles. The lowest BCUT2D eigenvalue weighted by atomic mass is 9.99. The Hall–Kier alpha value is -1.11. The molecule has 0 aliphatic carbocycles. The molecule has 0 radical (unpaired) electrons. The SMILES string of the molecule is Cc1cc(C)cc(CC(C)C=O)c1. The van der Waals surface area contributed by atoms with Gasteiger partial charge in [0.2, 0.25) is 0 Å². The Morgan fingerprint density at radius 2 is 1.77 bits per heavy atom. The predicted molar refractivity (Wildman–Crippen MR) is 54.8 cm³/mol. The van der Waals surface area contributed by atoms with E-state index in [1.165, 1.54) is 16.7 Å². The normalized spacial score (nSPS) is 12.5. The van der Waals surface area contributed by atoms with E-state index >= 15 is 0 Å². The maximum Gasteiger partial charge on any atom is 0.123 e. The topological polar surface area (TPSA) is 17.1 Å². The summed E-state index contributed by atoms with van der Waals surface area (Å²) in [4.78, 5) is 10.5. The van der Waals surface area contributed by atoms with Gasteiger partial charge in [0.1, 0.15) is 6.29 Å². The third-order valence-electron chi connectivity index (χ3n) is 2.07. The Bertz CT molecular complexity index is 282. The maximum atomic E-state index is 10.5. The monoisotopic (exact) mass is 176 g/mol. The van der Waals surface area contributed by atoms with Crippen LogP contribution in [0.1, 0.15) is 23.6 Å². The van der Waals surface area contributed by atoms with Crippen molar-refractivity contribution in [3.63, 3.8) is 0 Å². The average Bonchev–Trinajstić information content (AvgIpc) is 2.02. The number of carbonyl (C=O) groups excluding carboxylic acids is 1. The highest BCUT2D eigenvalue weighted by Crippen LogP contribution is 2.12. The van der Waals surface area contributed by atoms with E-state index in [-0.39, 0.29) is 5.92 Å². The fourth-order valence-corrected chi connectivity index (χ4v) is 1.61. The molecule has 1 unspecified atom stereocenters. The first-order valence-corrected chi connectivity index (χ1v) is 4.64. The highest BCUT2D eigenvalue weighted by molar-refractivity contribution is 5.53. The van der Waals surface area contributed by atoms with Gasteiger partial charge < -0.3 is 4.79 Å². The Labute approximate surface area is 79.8 Å². The summed E-state index contributed by atoms with van der Waals surface area (Å²) in [6.07, 6.45) is 1.86. The van der Waals surface area contributed by atoms with E-state index in [0.29, 0.717) is 0 Å². The third-order valence-corrected chi connectivity index (χ3v) is 2.07. The van der Waals surface area contributed by atoms with Gasteiger partial charge in [0.05, 0.1) is 0 Å². The summed E-state index contributed by atoms with van der Waals surface area (Å²) in [5.41, 5.74) is 3.80. The summed E-state index contributed by atoms with van der Waals surface area (Å²) >= 11 is 0. The summed E-state index contributed by atoms with van der Waals surface area (Å²) in [5.74, 6) is 0.126. The second kappa shape index (κ2) is 4.22. The van der Waals surface area contributed by atoms with Crippen LogP contribution in [0.3, 0.4) is 0 Å². The minimum atomic E-state index is 0.126. The zero-order chi connectivity index (χ0) is 9.84. The van der Waals surface area contributed by atoms with Crippen LogP contribution in [0.15, 0.2) is 18.2 Å². The molecule has 13 heavy (non-hydrogen) atoms. The van der Waals surface area contributed by atoms with E-state index in [2.05, 4.69) is 32.0 Å². The molecule has 0 aromatic heterocycles. The number of benzene rings is 1. The van der Waals surface area contributed by atoms with Crippen LogP contribution in [0.5, 0.6) is 0 Å². The standard InChI is InChI=1S/C12H16O/c1-9-4-10(2)6-12(5-9)7-11(3)8-13/h4-6,8,11H,7H2,1-3H3. The van der Waals surface area contributed by atoms with Gasteiger partial charge >= 0.3 is 0 Å². The molecule has 70 valence electrons. The quantitative estimate of drug-likeness (QED) is 0.647. The van der Waals surface area contributed by atoms with Gasteiger partial charge in [-0.1, -0.05) is 36.2 Å². The van der Waals surface area contributed by atoms with Crippen molar-refractivity contribution in [3.05, 3.63) is 34.9 Å². The molecule has 1 aromatic carbocycles. The molecule has 1 rings (SSSR count). The molecule has 0 N–H and O–H groups in total. The van der Waals surface area contributed by atoms with E-state index in [0.717, 1.165) is 12.7 Å². The smallest absolute Gasteiger partial charge is 0.123 e. The van der Waals surface area contributed by atoms with Gasteiger partial charge in [-0.3, -0.25) is 0 Å². The minimum absolute atomic E-state index is 0.126. The fourth-order valence-electron chi connectivity index (χ4n) is 1.61. The second-order valence-corrected chi connectivity index (χ2v) is 3.81. The van der Waals surface area contributed by atoms with Gasteiger partial charge in [0.25, 0.3) is 0 Å². The predicted octanol–water partition coefficient (Wildman–Crippen LogP) is 2.68. The summed E-state index contributed by atoms with van der Waals surface area (Å²) in [6.45, 7) is 6.12. The van der Waals surface area contributed by atoms with Crippen LogP contribution < -0.4 is 0 Å². The van der Waals surface area contributed by atoms with Gasteiger partial charge in [0, 0.05) is 5.92 Å². The van der Waals surface area contributed by atoms with Crippen LogP contribution >= 0.6 is 0 Å². The number of carbonyl (C=O) groups is 1. The molecule has 1 atom stereocenters. The van der Waals surface area contributed by atoms with E-state index in [9.17, 15) is 4.79 Å². The van der Waals surface area contributed by atoms with E-state index in [4.69, 9.17) is 0 Å². The molecule has 0 heterocycles. The first-order valence-electron chi connectivity index (χ1n) is 4.64. The first kappa shape index (κ1) is 9.97.